The van der Waals surface area contributed by atoms with Crippen LogP contribution in [0.3, 0.4) is 0 Å². The first-order chi connectivity index (χ1) is 9.01. The summed E-state index contributed by atoms with van der Waals surface area (Å²) in [4.78, 5) is 0. The minimum Gasteiger partial charge on any atom is -0.493 e. The number of hydrogen-bond acceptors (Lipinski definition) is 3. The highest BCUT2D eigenvalue weighted by molar-refractivity contribution is 6.33. The van der Waals surface area contributed by atoms with Crippen LogP contribution in [-0.2, 0) is 0 Å². The van der Waals surface area contributed by atoms with E-state index in [4.69, 9.17) is 21.1 Å². The van der Waals surface area contributed by atoms with Crippen molar-refractivity contribution in [3.63, 3.8) is 0 Å². The van der Waals surface area contributed by atoms with Crippen molar-refractivity contribution in [1.29, 1.82) is 0 Å². The number of rotatable bonds is 7. The summed E-state index contributed by atoms with van der Waals surface area (Å²) in [6, 6.07) is 3.56. The molecule has 1 aromatic rings. The van der Waals surface area contributed by atoms with Crippen molar-refractivity contribution in [2.45, 2.75) is 39.2 Å². The average Bonchev–Trinajstić information content (AvgIpc) is 2.37. The number of aliphatic hydroxyl groups excluding tert-OH is 1. The number of hydrogen-bond donors (Lipinski definition) is 1. The van der Waals surface area contributed by atoms with E-state index in [0.717, 1.165) is 12.8 Å². The lowest BCUT2D eigenvalue weighted by atomic mass is 10.00. The predicted octanol–water partition coefficient (Wildman–Crippen LogP) is 4.22. The Labute approximate surface area is 120 Å². The normalized spacial score (nSPS) is 12.6. The Hall–Kier alpha value is -0.930. The Morgan fingerprint density at radius 1 is 1.16 bits per heavy atom. The Bertz CT molecular complexity index is 405. The molecule has 0 amide bonds. The summed E-state index contributed by atoms with van der Waals surface area (Å²) in [5.41, 5.74) is 0.697. The summed E-state index contributed by atoms with van der Waals surface area (Å²) in [6.07, 6.45) is 2.21. The summed E-state index contributed by atoms with van der Waals surface area (Å²) in [5.74, 6) is 1.70. The molecule has 0 bridgehead atoms. The van der Waals surface area contributed by atoms with Crippen molar-refractivity contribution in [1.82, 2.24) is 0 Å². The second-order valence-electron chi connectivity index (χ2n) is 5.04. The van der Waals surface area contributed by atoms with Gasteiger partial charge in [0.1, 0.15) is 0 Å². The topological polar surface area (TPSA) is 38.7 Å². The van der Waals surface area contributed by atoms with Gasteiger partial charge in [0.25, 0.3) is 0 Å². The van der Waals surface area contributed by atoms with Crippen LogP contribution in [0.15, 0.2) is 12.1 Å². The first-order valence-electron chi connectivity index (χ1n) is 6.59. The zero-order valence-corrected chi connectivity index (χ0v) is 12.8. The molecule has 1 rings (SSSR count). The molecule has 0 aliphatic rings. The standard InChI is InChI=1S/C15H23ClO3/c1-10(2)6-5-7-12(17)11-8-9-13(18-3)15(19-4)14(11)16/h8-10,12,17H,5-7H2,1-4H3. The molecule has 0 spiro atoms. The molecule has 0 saturated carbocycles. The van der Waals surface area contributed by atoms with Gasteiger partial charge in [-0.2, -0.15) is 0 Å². The number of benzene rings is 1. The molecule has 1 N–H and O–H groups in total. The minimum atomic E-state index is -0.564. The van der Waals surface area contributed by atoms with Crippen molar-refractivity contribution in [2.24, 2.45) is 5.92 Å². The molecular formula is C15H23ClO3. The highest BCUT2D eigenvalue weighted by Gasteiger charge is 2.18. The minimum absolute atomic E-state index is 0.430. The SMILES string of the molecule is COc1ccc(C(O)CCCC(C)C)c(Cl)c1OC. The molecule has 19 heavy (non-hydrogen) atoms. The fraction of sp³-hybridized carbons (Fsp3) is 0.600. The van der Waals surface area contributed by atoms with Gasteiger partial charge in [-0.3, -0.25) is 0 Å². The fourth-order valence-corrected chi connectivity index (χ4v) is 2.40. The summed E-state index contributed by atoms with van der Waals surface area (Å²) >= 11 is 6.26. The van der Waals surface area contributed by atoms with Crippen LogP contribution in [0.2, 0.25) is 5.02 Å². The predicted molar refractivity (Wildman–Crippen MR) is 78.2 cm³/mol. The summed E-state index contributed by atoms with van der Waals surface area (Å²) in [5, 5.41) is 10.6. The van der Waals surface area contributed by atoms with Crippen LogP contribution < -0.4 is 9.47 Å². The molecule has 1 aromatic carbocycles. The van der Waals surface area contributed by atoms with Crippen LogP contribution in [0, 0.1) is 5.92 Å². The quantitative estimate of drug-likeness (QED) is 0.816. The molecule has 0 fully saturated rings. The fourth-order valence-electron chi connectivity index (χ4n) is 2.04. The highest BCUT2D eigenvalue weighted by atomic mass is 35.5. The van der Waals surface area contributed by atoms with Gasteiger partial charge in [-0.15, -0.1) is 0 Å². The Balaban J connectivity index is 2.82. The zero-order chi connectivity index (χ0) is 14.4. The summed E-state index contributed by atoms with van der Waals surface area (Å²) in [6.45, 7) is 4.35. The van der Waals surface area contributed by atoms with Crippen LogP contribution in [0.25, 0.3) is 0 Å². The summed E-state index contributed by atoms with van der Waals surface area (Å²) < 4.78 is 10.4. The van der Waals surface area contributed by atoms with Gasteiger partial charge in [0.05, 0.1) is 25.3 Å². The Kier molecular flexibility index (Phi) is 6.46. The lowest BCUT2D eigenvalue weighted by Crippen LogP contribution is -2.02. The lowest BCUT2D eigenvalue weighted by molar-refractivity contribution is 0.161. The number of ether oxygens (including phenoxy) is 2. The van der Waals surface area contributed by atoms with Gasteiger partial charge in [0.2, 0.25) is 0 Å². The van der Waals surface area contributed by atoms with Crippen molar-refractivity contribution in [3.8, 4) is 11.5 Å². The van der Waals surface area contributed by atoms with Gasteiger partial charge >= 0.3 is 0 Å². The molecule has 0 heterocycles. The number of halogens is 1. The van der Waals surface area contributed by atoms with E-state index in [0.29, 0.717) is 34.4 Å². The maximum Gasteiger partial charge on any atom is 0.179 e. The molecule has 0 radical (unpaired) electrons. The first-order valence-corrected chi connectivity index (χ1v) is 6.97. The van der Waals surface area contributed by atoms with E-state index in [9.17, 15) is 5.11 Å². The maximum atomic E-state index is 10.2. The van der Waals surface area contributed by atoms with E-state index in [1.807, 2.05) is 0 Å². The van der Waals surface area contributed by atoms with Crippen LogP contribution in [0.4, 0.5) is 0 Å². The second-order valence-corrected chi connectivity index (χ2v) is 5.42. The van der Waals surface area contributed by atoms with Gasteiger partial charge < -0.3 is 14.6 Å². The third kappa shape index (κ3) is 4.29. The van der Waals surface area contributed by atoms with Crippen LogP contribution in [0.5, 0.6) is 11.5 Å². The van der Waals surface area contributed by atoms with Crippen molar-refractivity contribution in [3.05, 3.63) is 22.7 Å². The van der Waals surface area contributed by atoms with Crippen molar-refractivity contribution in [2.75, 3.05) is 14.2 Å². The zero-order valence-electron chi connectivity index (χ0n) is 12.1. The third-order valence-corrected chi connectivity index (χ3v) is 3.52. The smallest absolute Gasteiger partial charge is 0.179 e. The van der Waals surface area contributed by atoms with E-state index in [2.05, 4.69) is 13.8 Å². The number of aliphatic hydroxyl groups is 1. The van der Waals surface area contributed by atoms with Crippen LogP contribution >= 0.6 is 11.6 Å². The van der Waals surface area contributed by atoms with Crippen molar-refractivity contribution >= 4 is 11.6 Å². The Morgan fingerprint density at radius 3 is 2.37 bits per heavy atom. The van der Waals surface area contributed by atoms with E-state index in [-0.39, 0.29) is 0 Å². The number of methoxy groups -OCH3 is 2. The van der Waals surface area contributed by atoms with Gasteiger partial charge in [0.15, 0.2) is 11.5 Å². The van der Waals surface area contributed by atoms with Gasteiger partial charge in [-0.1, -0.05) is 44.4 Å². The van der Waals surface area contributed by atoms with Crippen molar-refractivity contribution < 1.29 is 14.6 Å². The molecular weight excluding hydrogens is 264 g/mol. The van der Waals surface area contributed by atoms with Crippen LogP contribution in [0.1, 0.15) is 44.8 Å². The van der Waals surface area contributed by atoms with Gasteiger partial charge in [-0.05, 0) is 18.4 Å². The highest BCUT2D eigenvalue weighted by Crippen LogP contribution is 2.40. The molecule has 0 aliphatic carbocycles. The molecule has 108 valence electrons. The van der Waals surface area contributed by atoms with Gasteiger partial charge in [-0.25, -0.2) is 0 Å². The molecule has 0 aromatic heterocycles. The third-order valence-electron chi connectivity index (χ3n) is 3.13. The van der Waals surface area contributed by atoms with Crippen LogP contribution in [-0.4, -0.2) is 19.3 Å². The molecule has 0 aliphatic heterocycles. The molecule has 0 saturated heterocycles. The molecule has 1 atom stereocenters. The molecule has 4 heteroatoms. The van der Waals surface area contributed by atoms with E-state index < -0.39 is 6.10 Å². The largest absolute Gasteiger partial charge is 0.493 e. The first kappa shape index (κ1) is 16.1. The molecule has 1 unspecified atom stereocenters. The Morgan fingerprint density at radius 2 is 1.84 bits per heavy atom. The maximum absolute atomic E-state index is 10.2. The van der Waals surface area contributed by atoms with Gasteiger partial charge in [0, 0.05) is 5.56 Å². The monoisotopic (exact) mass is 286 g/mol. The van der Waals surface area contributed by atoms with E-state index in [1.165, 1.54) is 0 Å². The van der Waals surface area contributed by atoms with E-state index >= 15 is 0 Å². The molecule has 3 nitrogen and oxygen atoms in total. The second kappa shape index (κ2) is 7.61. The van der Waals surface area contributed by atoms with E-state index in [1.54, 1.807) is 26.4 Å². The summed E-state index contributed by atoms with van der Waals surface area (Å²) in [7, 11) is 3.10. The average molecular weight is 287 g/mol. The lowest BCUT2D eigenvalue weighted by Gasteiger charge is -2.17.